The van der Waals surface area contributed by atoms with Crippen LogP contribution >= 0.6 is 0 Å². The lowest BCUT2D eigenvalue weighted by molar-refractivity contribution is -0.145. The Morgan fingerprint density at radius 3 is 2.45 bits per heavy atom. The number of piperidine rings is 2. The molecule has 7 nitrogen and oxygen atoms in total. The van der Waals surface area contributed by atoms with Gasteiger partial charge in [0.1, 0.15) is 0 Å². The molecule has 1 aromatic carbocycles. The van der Waals surface area contributed by atoms with E-state index in [1.165, 1.54) is 5.56 Å². The first-order valence-corrected chi connectivity index (χ1v) is 11.8. The Kier molecular flexibility index (Phi) is 7.06. The minimum Gasteiger partial charge on any atom is -0.343 e. The molecule has 1 aromatic heterocycles. The summed E-state index contributed by atoms with van der Waals surface area (Å²) >= 11 is 0. The van der Waals surface area contributed by atoms with Crippen LogP contribution in [0.4, 0.5) is 5.69 Å². The molecule has 33 heavy (non-hydrogen) atoms. The summed E-state index contributed by atoms with van der Waals surface area (Å²) in [6.45, 7) is 5.66. The van der Waals surface area contributed by atoms with E-state index in [1.807, 2.05) is 11.8 Å². The second-order valence-electron chi connectivity index (χ2n) is 9.17. The van der Waals surface area contributed by atoms with Crippen LogP contribution in [0.2, 0.25) is 0 Å². The number of amides is 3. The van der Waals surface area contributed by atoms with Gasteiger partial charge in [-0.25, -0.2) is 0 Å². The summed E-state index contributed by atoms with van der Waals surface area (Å²) in [5.74, 6) is -0.577. The average Bonchev–Trinajstić information content (AvgIpc) is 2.83. The predicted molar refractivity (Wildman–Crippen MR) is 127 cm³/mol. The predicted octanol–water partition coefficient (Wildman–Crippen LogP) is 3.81. The number of carbonyl (C=O) groups is 3. The second kappa shape index (κ2) is 10.1. The molecule has 2 aromatic rings. The van der Waals surface area contributed by atoms with Gasteiger partial charge in [0.2, 0.25) is 5.91 Å². The van der Waals surface area contributed by atoms with Gasteiger partial charge in [-0.2, -0.15) is 0 Å². The topological polar surface area (TPSA) is 82.6 Å². The van der Waals surface area contributed by atoms with Crippen molar-refractivity contribution in [3.8, 4) is 0 Å². The number of hydrogen-bond acceptors (Lipinski definition) is 4. The number of benzene rings is 1. The van der Waals surface area contributed by atoms with Gasteiger partial charge in [-0.05, 0) is 67.7 Å². The highest BCUT2D eigenvalue weighted by Gasteiger charge is 2.32. The Morgan fingerprint density at radius 1 is 0.970 bits per heavy atom. The third-order valence-electron chi connectivity index (χ3n) is 6.80. The Bertz CT molecular complexity index is 1030. The number of nitrogens with one attached hydrogen (secondary N) is 1. The van der Waals surface area contributed by atoms with E-state index >= 15 is 0 Å². The molecule has 0 radical (unpaired) electrons. The average molecular weight is 449 g/mol. The summed E-state index contributed by atoms with van der Waals surface area (Å²) in [6.07, 6.45) is 7.91. The molecular weight excluding hydrogens is 416 g/mol. The van der Waals surface area contributed by atoms with E-state index < -0.39 is 11.8 Å². The summed E-state index contributed by atoms with van der Waals surface area (Å²) in [5.41, 5.74) is 3.78. The van der Waals surface area contributed by atoms with E-state index in [4.69, 9.17) is 0 Å². The summed E-state index contributed by atoms with van der Waals surface area (Å²) in [4.78, 5) is 45.2. The number of hydrogen-bond donors (Lipinski definition) is 1. The van der Waals surface area contributed by atoms with Crippen molar-refractivity contribution in [2.24, 2.45) is 0 Å². The highest BCUT2D eigenvalue weighted by molar-refractivity contribution is 6.39. The lowest BCUT2D eigenvalue weighted by atomic mass is 9.86. The van der Waals surface area contributed by atoms with E-state index in [1.54, 1.807) is 30.3 Å². The lowest BCUT2D eigenvalue weighted by Crippen LogP contribution is -2.44. The fourth-order valence-electron chi connectivity index (χ4n) is 5.01. The number of aryl methyl sites for hydroxylation is 1. The zero-order valence-electron chi connectivity index (χ0n) is 19.4. The van der Waals surface area contributed by atoms with Crippen LogP contribution in [0.5, 0.6) is 0 Å². The molecule has 2 fully saturated rings. The molecule has 0 aliphatic carbocycles. The maximum absolute atomic E-state index is 13.1. The quantitative estimate of drug-likeness (QED) is 0.724. The Morgan fingerprint density at radius 2 is 1.73 bits per heavy atom. The van der Waals surface area contributed by atoms with Crippen LogP contribution in [-0.2, 0) is 14.4 Å². The zero-order valence-corrected chi connectivity index (χ0v) is 19.4. The van der Waals surface area contributed by atoms with Crippen molar-refractivity contribution in [1.82, 2.24) is 14.8 Å². The van der Waals surface area contributed by atoms with Crippen molar-refractivity contribution >= 4 is 23.4 Å². The molecule has 3 heterocycles. The first-order valence-electron chi connectivity index (χ1n) is 11.8. The standard InChI is InChI=1S/C26H32N4O3/c1-18-14-23(17-27-16-18)28-25(32)26(33)30-11-4-3-8-24(30)22-7-5-6-21(15-22)20-9-12-29(13-10-20)19(2)31/h5-7,14-17,20,24H,3-4,8-13H2,1-2H3,(H,28,32)/t24-/m0/s1. The Balaban J connectivity index is 1.48. The molecule has 0 unspecified atom stereocenters. The molecule has 2 aliphatic heterocycles. The first kappa shape index (κ1) is 23.0. The number of pyridine rings is 1. The fourth-order valence-corrected chi connectivity index (χ4v) is 5.01. The van der Waals surface area contributed by atoms with Crippen molar-refractivity contribution in [2.45, 2.75) is 57.9 Å². The van der Waals surface area contributed by atoms with Crippen molar-refractivity contribution in [1.29, 1.82) is 0 Å². The summed E-state index contributed by atoms with van der Waals surface area (Å²) in [5, 5.41) is 2.70. The maximum atomic E-state index is 13.1. The van der Waals surface area contributed by atoms with Crippen LogP contribution in [-0.4, -0.2) is 52.1 Å². The van der Waals surface area contributed by atoms with Gasteiger partial charge in [0.05, 0.1) is 17.9 Å². The van der Waals surface area contributed by atoms with E-state index in [0.29, 0.717) is 18.2 Å². The van der Waals surface area contributed by atoms with E-state index in [0.717, 1.165) is 56.3 Å². The third-order valence-corrected chi connectivity index (χ3v) is 6.80. The van der Waals surface area contributed by atoms with Gasteiger partial charge in [-0.1, -0.05) is 24.3 Å². The number of anilines is 1. The molecule has 7 heteroatoms. The molecule has 0 spiro atoms. The molecule has 4 rings (SSSR count). The third kappa shape index (κ3) is 5.41. The number of likely N-dealkylation sites (tertiary alicyclic amines) is 2. The second-order valence-corrected chi connectivity index (χ2v) is 9.17. The highest BCUT2D eigenvalue weighted by atomic mass is 16.2. The largest absolute Gasteiger partial charge is 0.343 e. The molecule has 3 amide bonds. The molecule has 0 saturated carbocycles. The summed E-state index contributed by atoms with van der Waals surface area (Å²) < 4.78 is 0. The number of nitrogens with zero attached hydrogens (tertiary/aromatic N) is 3. The Hall–Kier alpha value is -3.22. The number of rotatable bonds is 3. The van der Waals surface area contributed by atoms with Crippen LogP contribution in [0.25, 0.3) is 0 Å². The molecule has 0 bridgehead atoms. The first-order chi connectivity index (χ1) is 15.9. The lowest BCUT2D eigenvalue weighted by Gasteiger charge is -2.36. The van der Waals surface area contributed by atoms with E-state index in [9.17, 15) is 14.4 Å². The normalized spacial score (nSPS) is 19.3. The van der Waals surface area contributed by atoms with Crippen molar-refractivity contribution in [3.63, 3.8) is 0 Å². The summed E-state index contributed by atoms with van der Waals surface area (Å²) in [6, 6.07) is 10.2. The highest BCUT2D eigenvalue weighted by Crippen LogP contribution is 2.35. The molecule has 1 atom stereocenters. The van der Waals surface area contributed by atoms with Gasteiger partial charge in [-0.3, -0.25) is 19.4 Å². The van der Waals surface area contributed by atoms with Gasteiger partial charge in [0, 0.05) is 32.8 Å². The SMILES string of the molecule is CC(=O)N1CCC(c2cccc([C@@H]3CCCCN3C(=O)C(=O)Nc3cncc(C)c3)c2)CC1. The van der Waals surface area contributed by atoms with Crippen molar-refractivity contribution in [2.75, 3.05) is 25.0 Å². The molecule has 1 N–H and O–H groups in total. The smallest absolute Gasteiger partial charge is 0.313 e. The van der Waals surface area contributed by atoms with Crippen LogP contribution in [0.1, 0.15) is 67.7 Å². The Labute approximate surface area is 195 Å². The van der Waals surface area contributed by atoms with E-state index in [-0.39, 0.29) is 11.9 Å². The minimum atomic E-state index is -0.623. The number of carbonyl (C=O) groups excluding carboxylic acids is 3. The molecule has 2 saturated heterocycles. The van der Waals surface area contributed by atoms with Gasteiger partial charge in [0.15, 0.2) is 0 Å². The van der Waals surface area contributed by atoms with E-state index in [2.05, 4.69) is 34.6 Å². The molecule has 174 valence electrons. The number of aromatic nitrogens is 1. The van der Waals surface area contributed by atoms with Crippen molar-refractivity contribution in [3.05, 3.63) is 59.4 Å². The van der Waals surface area contributed by atoms with Crippen LogP contribution in [0.3, 0.4) is 0 Å². The van der Waals surface area contributed by atoms with Gasteiger partial charge in [0.25, 0.3) is 0 Å². The van der Waals surface area contributed by atoms with Gasteiger partial charge < -0.3 is 15.1 Å². The monoisotopic (exact) mass is 448 g/mol. The maximum Gasteiger partial charge on any atom is 0.313 e. The molecule has 2 aliphatic rings. The van der Waals surface area contributed by atoms with Crippen LogP contribution in [0.15, 0.2) is 42.7 Å². The van der Waals surface area contributed by atoms with Crippen LogP contribution in [0, 0.1) is 6.92 Å². The van der Waals surface area contributed by atoms with Gasteiger partial charge in [-0.15, -0.1) is 0 Å². The summed E-state index contributed by atoms with van der Waals surface area (Å²) in [7, 11) is 0. The molecular formula is C26H32N4O3. The van der Waals surface area contributed by atoms with Gasteiger partial charge >= 0.3 is 11.8 Å². The fraction of sp³-hybridized carbons (Fsp3) is 0.462. The van der Waals surface area contributed by atoms with Crippen molar-refractivity contribution < 1.29 is 14.4 Å². The van der Waals surface area contributed by atoms with Crippen LogP contribution < -0.4 is 5.32 Å². The minimum absolute atomic E-state index is 0.107. The zero-order chi connectivity index (χ0) is 23.4.